The van der Waals surface area contributed by atoms with Crippen molar-refractivity contribution in [2.24, 2.45) is 5.11 Å². The maximum atomic E-state index is 12.3. The molecule has 0 aliphatic carbocycles. The van der Waals surface area contributed by atoms with Crippen LogP contribution < -0.4 is 5.56 Å². The lowest BCUT2D eigenvalue weighted by atomic mass is 10.2. The predicted molar refractivity (Wildman–Crippen MR) is 105 cm³/mol. The highest BCUT2D eigenvalue weighted by atomic mass is 32.2. The topological polar surface area (TPSA) is 115 Å². The number of aromatic nitrogens is 4. The number of thioether (sulfide) groups is 1. The molecule has 2 N–H and O–H groups in total. The summed E-state index contributed by atoms with van der Waals surface area (Å²) >= 11 is 1.61. The SMILES string of the molecule is [N-]=[N+]=NCc1ccc(SCc2cc(=O)n(-c3nc4ccccc4[nH]3)[nH]2)cc1. The van der Waals surface area contributed by atoms with Crippen LogP contribution in [0.1, 0.15) is 11.3 Å². The molecule has 0 unspecified atom stereocenters. The standard InChI is InChI=1S/C18H15N7OS/c19-24-20-10-12-5-7-14(8-6-12)27-11-13-9-17(26)25(23-13)18-21-15-3-1-2-4-16(15)22-18/h1-9,23H,10-11H2,(H,21,22). The largest absolute Gasteiger partial charge is 0.322 e. The van der Waals surface area contributed by atoms with Gasteiger partial charge in [-0.3, -0.25) is 9.89 Å². The van der Waals surface area contributed by atoms with Gasteiger partial charge in [-0.2, -0.15) is 4.68 Å². The molecular weight excluding hydrogens is 362 g/mol. The molecule has 0 fully saturated rings. The molecule has 0 bridgehead atoms. The summed E-state index contributed by atoms with van der Waals surface area (Å²) in [5.74, 6) is 1.10. The first-order valence-corrected chi connectivity index (χ1v) is 9.20. The lowest BCUT2D eigenvalue weighted by Crippen LogP contribution is -2.14. The monoisotopic (exact) mass is 377 g/mol. The number of nitrogens with zero attached hydrogens (tertiary/aromatic N) is 5. The third-order valence-corrected chi connectivity index (χ3v) is 5.06. The number of azide groups is 1. The molecule has 9 heteroatoms. The molecular formula is C18H15N7OS. The van der Waals surface area contributed by atoms with Crippen molar-refractivity contribution >= 4 is 22.8 Å². The summed E-state index contributed by atoms with van der Waals surface area (Å²) in [4.78, 5) is 23.7. The van der Waals surface area contributed by atoms with Gasteiger partial charge in [0.1, 0.15) is 0 Å². The molecule has 0 saturated carbocycles. The molecule has 2 aromatic carbocycles. The summed E-state index contributed by atoms with van der Waals surface area (Å²) in [5, 5.41) is 6.65. The van der Waals surface area contributed by atoms with Crippen LogP contribution in [0.25, 0.3) is 27.4 Å². The Hall–Kier alpha value is -3.42. The van der Waals surface area contributed by atoms with Crippen LogP contribution in [0.15, 0.2) is 69.4 Å². The van der Waals surface area contributed by atoms with Crippen molar-refractivity contribution in [1.82, 2.24) is 19.7 Å². The molecule has 0 radical (unpaired) electrons. The van der Waals surface area contributed by atoms with Gasteiger partial charge < -0.3 is 4.98 Å². The molecule has 27 heavy (non-hydrogen) atoms. The van der Waals surface area contributed by atoms with Crippen molar-refractivity contribution in [2.75, 3.05) is 0 Å². The van der Waals surface area contributed by atoms with Gasteiger partial charge in [0.25, 0.3) is 5.56 Å². The summed E-state index contributed by atoms with van der Waals surface area (Å²) in [5.41, 5.74) is 11.7. The molecule has 2 aromatic heterocycles. The number of nitrogens with one attached hydrogen (secondary N) is 2. The van der Waals surface area contributed by atoms with Crippen LogP contribution in [0, 0.1) is 0 Å². The zero-order valence-electron chi connectivity index (χ0n) is 14.2. The molecule has 2 heterocycles. The smallest absolute Gasteiger partial charge is 0.274 e. The molecule has 0 atom stereocenters. The van der Waals surface area contributed by atoms with E-state index in [4.69, 9.17) is 5.53 Å². The van der Waals surface area contributed by atoms with Crippen molar-refractivity contribution in [3.8, 4) is 5.95 Å². The van der Waals surface area contributed by atoms with E-state index in [2.05, 4.69) is 25.1 Å². The second-order valence-electron chi connectivity index (χ2n) is 5.85. The summed E-state index contributed by atoms with van der Waals surface area (Å²) in [6, 6.07) is 17.0. The fourth-order valence-electron chi connectivity index (χ4n) is 2.69. The normalized spacial score (nSPS) is 10.8. The van der Waals surface area contributed by atoms with Gasteiger partial charge in [0.2, 0.25) is 5.95 Å². The quantitative estimate of drug-likeness (QED) is 0.228. The third-order valence-electron chi connectivity index (χ3n) is 4.00. The van der Waals surface area contributed by atoms with Gasteiger partial charge >= 0.3 is 0 Å². The van der Waals surface area contributed by atoms with Crippen molar-refractivity contribution in [2.45, 2.75) is 17.2 Å². The third kappa shape index (κ3) is 3.74. The van der Waals surface area contributed by atoms with E-state index in [1.807, 2.05) is 48.5 Å². The van der Waals surface area contributed by atoms with E-state index in [1.165, 1.54) is 4.68 Å². The van der Waals surface area contributed by atoms with Crippen molar-refractivity contribution in [3.05, 3.63) is 86.7 Å². The van der Waals surface area contributed by atoms with Crippen molar-refractivity contribution < 1.29 is 0 Å². The molecule has 4 aromatic rings. The zero-order valence-corrected chi connectivity index (χ0v) is 15.0. The lowest BCUT2D eigenvalue weighted by Gasteiger charge is -2.02. The Morgan fingerprint density at radius 3 is 2.78 bits per heavy atom. The van der Waals surface area contributed by atoms with Gasteiger partial charge in [-0.1, -0.05) is 29.4 Å². The second kappa shape index (κ2) is 7.45. The molecule has 134 valence electrons. The molecule has 4 rings (SSSR count). The van der Waals surface area contributed by atoms with Crippen molar-refractivity contribution in [3.63, 3.8) is 0 Å². The highest BCUT2D eigenvalue weighted by molar-refractivity contribution is 7.98. The van der Waals surface area contributed by atoms with Gasteiger partial charge in [-0.05, 0) is 35.4 Å². The maximum Gasteiger partial charge on any atom is 0.274 e. The minimum atomic E-state index is -0.158. The highest BCUT2D eigenvalue weighted by Crippen LogP contribution is 2.22. The Morgan fingerprint density at radius 2 is 2.00 bits per heavy atom. The number of H-pyrrole nitrogens is 2. The second-order valence-corrected chi connectivity index (χ2v) is 6.90. The Kier molecular flexibility index (Phi) is 4.69. The number of hydrogen-bond acceptors (Lipinski definition) is 4. The van der Waals surface area contributed by atoms with Gasteiger partial charge in [0.05, 0.1) is 17.6 Å². The Balaban J connectivity index is 1.48. The van der Waals surface area contributed by atoms with E-state index in [-0.39, 0.29) is 5.56 Å². The summed E-state index contributed by atoms with van der Waals surface area (Å²) in [7, 11) is 0. The van der Waals surface area contributed by atoms with E-state index in [1.54, 1.807) is 17.8 Å². The Morgan fingerprint density at radius 1 is 1.19 bits per heavy atom. The number of rotatable bonds is 6. The fraction of sp³-hybridized carbons (Fsp3) is 0.111. The van der Waals surface area contributed by atoms with Crippen molar-refractivity contribution in [1.29, 1.82) is 0 Å². The fourth-order valence-corrected chi connectivity index (χ4v) is 3.49. The van der Waals surface area contributed by atoms with E-state index >= 15 is 0 Å². The number of fused-ring (bicyclic) bond motifs is 1. The number of imidazole rings is 1. The predicted octanol–water partition coefficient (Wildman–Crippen LogP) is 4.14. The minimum absolute atomic E-state index is 0.158. The molecule has 0 saturated heterocycles. The lowest BCUT2D eigenvalue weighted by molar-refractivity contribution is 0.789. The van der Waals surface area contributed by atoms with E-state index in [0.717, 1.165) is 27.2 Å². The molecule has 0 spiro atoms. The number of benzene rings is 2. The van der Waals surface area contributed by atoms with Gasteiger partial charge in [-0.15, -0.1) is 11.8 Å². The zero-order chi connectivity index (χ0) is 18.6. The van der Waals surface area contributed by atoms with Crippen LogP contribution in [0.5, 0.6) is 0 Å². The van der Waals surface area contributed by atoms with Crippen LogP contribution in [-0.2, 0) is 12.3 Å². The Labute approximate surface area is 157 Å². The first-order chi connectivity index (χ1) is 13.2. The molecule has 0 aliphatic heterocycles. The summed E-state index contributed by atoms with van der Waals surface area (Å²) in [6.07, 6.45) is 0. The summed E-state index contributed by atoms with van der Waals surface area (Å²) in [6.45, 7) is 0.342. The van der Waals surface area contributed by atoms with Gasteiger partial charge in [0.15, 0.2) is 0 Å². The maximum absolute atomic E-state index is 12.3. The molecule has 8 nitrogen and oxygen atoms in total. The van der Waals surface area contributed by atoms with E-state index in [0.29, 0.717) is 18.2 Å². The van der Waals surface area contributed by atoms with Gasteiger partial charge in [0, 0.05) is 27.3 Å². The van der Waals surface area contributed by atoms with E-state index in [9.17, 15) is 4.79 Å². The number of aromatic amines is 2. The highest BCUT2D eigenvalue weighted by Gasteiger charge is 2.10. The van der Waals surface area contributed by atoms with E-state index < -0.39 is 0 Å². The molecule has 0 aliphatic rings. The van der Waals surface area contributed by atoms with Crippen LogP contribution in [0.4, 0.5) is 0 Å². The number of hydrogen-bond donors (Lipinski definition) is 2. The first kappa shape index (κ1) is 17.0. The summed E-state index contributed by atoms with van der Waals surface area (Å²) < 4.78 is 1.42. The first-order valence-electron chi connectivity index (χ1n) is 8.21. The average Bonchev–Trinajstić information content (AvgIpc) is 3.28. The average molecular weight is 377 g/mol. The number of para-hydroxylation sites is 2. The van der Waals surface area contributed by atoms with Crippen LogP contribution in [0.3, 0.4) is 0 Å². The van der Waals surface area contributed by atoms with Crippen LogP contribution >= 0.6 is 11.8 Å². The Bertz CT molecular complexity index is 1150. The van der Waals surface area contributed by atoms with Gasteiger partial charge in [-0.25, -0.2) is 4.98 Å². The minimum Gasteiger partial charge on any atom is -0.322 e. The van der Waals surface area contributed by atoms with Crippen LogP contribution in [0.2, 0.25) is 0 Å². The molecule has 0 amide bonds. The van der Waals surface area contributed by atoms with Crippen LogP contribution in [-0.4, -0.2) is 19.7 Å².